The fourth-order valence-electron chi connectivity index (χ4n) is 2.19. The lowest BCUT2D eigenvalue weighted by Crippen LogP contribution is -2.21. The van der Waals surface area contributed by atoms with Crippen molar-refractivity contribution >= 4 is 0 Å². The summed E-state index contributed by atoms with van der Waals surface area (Å²) < 4.78 is 39.1. The first-order chi connectivity index (χ1) is 9.54. The Kier molecular flexibility index (Phi) is 5.85. The van der Waals surface area contributed by atoms with Crippen molar-refractivity contribution < 1.29 is 13.2 Å². The van der Waals surface area contributed by atoms with Crippen molar-refractivity contribution in [3.63, 3.8) is 0 Å². The average molecular weight is 301 g/mol. The van der Waals surface area contributed by atoms with Gasteiger partial charge in [-0.05, 0) is 61.9 Å². The number of benzene rings is 1. The van der Waals surface area contributed by atoms with Gasteiger partial charge in [0.2, 0.25) is 0 Å². The summed E-state index contributed by atoms with van der Waals surface area (Å²) in [6.07, 6.45) is -1.77. The van der Waals surface area contributed by atoms with Crippen molar-refractivity contribution in [1.82, 2.24) is 5.32 Å². The van der Waals surface area contributed by atoms with Crippen LogP contribution in [0, 0.1) is 0 Å². The second-order valence-electron chi connectivity index (χ2n) is 6.75. The van der Waals surface area contributed by atoms with Crippen molar-refractivity contribution in [2.75, 3.05) is 7.05 Å². The van der Waals surface area contributed by atoms with Gasteiger partial charge >= 0.3 is 6.18 Å². The number of halogens is 3. The molecule has 0 bridgehead atoms. The Morgan fingerprint density at radius 1 is 1.05 bits per heavy atom. The van der Waals surface area contributed by atoms with Crippen LogP contribution in [-0.2, 0) is 18.0 Å². The summed E-state index contributed by atoms with van der Waals surface area (Å²) in [4.78, 5) is 0. The van der Waals surface area contributed by atoms with E-state index in [9.17, 15) is 13.2 Å². The number of hydrogen-bond acceptors (Lipinski definition) is 1. The van der Waals surface area contributed by atoms with E-state index in [0.29, 0.717) is 12.5 Å². The van der Waals surface area contributed by atoms with Gasteiger partial charge < -0.3 is 5.32 Å². The number of alkyl halides is 3. The maximum Gasteiger partial charge on any atom is 0.416 e. The first kappa shape index (κ1) is 18.0. The molecule has 0 aromatic heterocycles. The summed E-state index contributed by atoms with van der Waals surface area (Å²) in [5.41, 5.74) is 0.701. The molecule has 0 radical (unpaired) electrons. The van der Waals surface area contributed by atoms with E-state index in [-0.39, 0.29) is 5.41 Å². The van der Waals surface area contributed by atoms with Gasteiger partial charge in [0.05, 0.1) is 5.56 Å². The third-order valence-electron chi connectivity index (χ3n) is 3.78. The van der Waals surface area contributed by atoms with Gasteiger partial charge in [-0.1, -0.05) is 26.8 Å². The van der Waals surface area contributed by atoms with Gasteiger partial charge in [0.25, 0.3) is 0 Å². The maximum absolute atomic E-state index is 13.0. The van der Waals surface area contributed by atoms with E-state index in [2.05, 4.69) is 12.2 Å². The molecule has 0 fully saturated rings. The van der Waals surface area contributed by atoms with Crippen LogP contribution in [0.3, 0.4) is 0 Å². The molecule has 1 atom stereocenters. The number of aryl methyl sites for hydroxylation is 1. The summed E-state index contributed by atoms with van der Waals surface area (Å²) in [6, 6.07) is 4.87. The zero-order valence-electron chi connectivity index (χ0n) is 13.6. The molecule has 21 heavy (non-hydrogen) atoms. The highest BCUT2D eigenvalue weighted by Gasteiger charge is 2.32. The molecule has 1 aromatic rings. The Balaban J connectivity index is 2.98. The second kappa shape index (κ2) is 6.82. The predicted molar refractivity (Wildman–Crippen MR) is 81.6 cm³/mol. The zero-order chi connectivity index (χ0) is 16.3. The molecule has 0 aliphatic carbocycles. The first-order valence-electron chi connectivity index (χ1n) is 7.43. The van der Waals surface area contributed by atoms with Crippen molar-refractivity contribution in [1.29, 1.82) is 0 Å². The normalized spacial score (nSPS) is 14.3. The molecule has 1 nitrogen and oxygen atoms in total. The van der Waals surface area contributed by atoms with Crippen molar-refractivity contribution in [2.45, 2.75) is 64.6 Å². The second-order valence-corrected chi connectivity index (χ2v) is 6.75. The van der Waals surface area contributed by atoms with Crippen LogP contribution in [0.4, 0.5) is 13.2 Å². The van der Waals surface area contributed by atoms with Crippen LogP contribution < -0.4 is 5.32 Å². The molecule has 0 amide bonds. The third kappa shape index (κ3) is 5.70. The fourth-order valence-corrected chi connectivity index (χ4v) is 2.19. The molecular weight excluding hydrogens is 275 g/mol. The zero-order valence-corrected chi connectivity index (χ0v) is 13.6. The molecular formula is C17H26F3N. The van der Waals surface area contributed by atoms with E-state index >= 15 is 0 Å². The molecule has 0 aliphatic heterocycles. The molecule has 0 saturated heterocycles. The minimum atomic E-state index is -4.28. The highest BCUT2D eigenvalue weighted by molar-refractivity contribution is 5.35. The van der Waals surface area contributed by atoms with Crippen LogP contribution in [0.25, 0.3) is 0 Å². The van der Waals surface area contributed by atoms with E-state index in [4.69, 9.17) is 0 Å². The van der Waals surface area contributed by atoms with Crippen molar-refractivity contribution in [3.8, 4) is 0 Å². The van der Waals surface area contributed by atoms with Gasteiger partial charge in [-0.25, -0.2) is 0 Å². The van der Waals surface area contributed by atoms with Crippen molar-refractivity contribution in [2.24, 2.45) is 0 Å². The number of rotatable bonds is 5. The topological polar surface area (TPSA) is 12.0 Å². The van der Waals surface area contributed by atoms with Crippen LogP contribution in [0.1, 0.15) is 57.2 Å². The van der Waals surface area contributed by atoms with E-state index in [1.807, 2.05) is 33.9 Å². The SMILES string of the molecule is CN[C@@H](C)CCCc1cc(C(C)(C)C)cc(C(F)(F)F)c1. The summed E-state index contributed by atoms with van der Waals surface area (Å²) in [7, 11) is 1.90. The van der Waals surface area contributed by atoms with Crippen LogP contribution in [0.2, 0.25) is 0 Å². The predicted octanol–water partition coefficient (Wildman–Crippen LogP) is 4.93. The summed E-state index contributed by atoms with van der Waals surface area (Å²) >= 11 is 0. The molecule has 1 aromatic carbocycles. The van der Waals surface area contributed by atoms with Crippen LogP contribution in [-0.4, -0.2) is 13.1 Å². The van der Waals surface area contributed by atoms with E-state index in [1.165, 1.54) is 12.1 Å². The Bertz CT molecular complexity index is 426. The molecule has 0 spiro atoms. The summed E-state index contributed by atoms with van der Waals surface area (Å²) in [5, 5.41) is 3.14. The first-order valence-corrected chi connectivity index (χ1v) is 7.43. The largest absolute Gasteiger partial charge is 0.416 e. The monoisotopic (exact) mass is 301 g/mol. The lowest BCUT2D eigenvalue weighted by molar-refractivity contribution is -0.137. The third-order valence-corrected chi connectivity index (χ3v) is 3.78. The Labute approximate surface area is 125 Å². The van der Waals surface area contributed by atoms with E-state index < -0.39 is 11.7 Å². The molecule has 0 aliphatic rings. The lowest BCUT2D eigenvalue weighted by Gasteiger charge is -2.22. The lowest BCUT2D eigenvalue weighted by atomic mass is 9.84. The Morgan fingerprint density at radius 3 is 2.10 bits per heavy atom. The Morgan fingerprint density at radius 2 is 1.62 bits per heavy atom. The maximum atomic E-state index is 13.0. The van der Waals surface area contributed by atoms with Crippen LogP contribution in [0.5, 0.6) is 0 Å². The van der Waals surface area contributed by atoms with Gasteiger partial charge in [0, 0.05) is 6.04 Å². The smallest absolute Gasteiger partial charge is 0.317 e. The molecule has 1 N–H and O–H groups in total. The minimum absolute atomic E-state index is 0.283. The quantitative estimate of drug-likeness (QED) is 0.813. The van der Waals surface area contributed by atoms with E-state index in [0.717, 1.165) is 24.0 Å². The Hall–Kier alpha value is -1.03. The summed E-state index contributed by atoms with van der Waals surface area (Å²) in [5.74, 6) is 0. The highest BCUT2D eigenvalue weighted by Crippen LogP contribution is 2.34. The number of nitrogens with one attached hydrogen (secondary N) is 1. The van der Waals surface area contributed by atoms with Gasteiger partial charge in [-0.15, -0.1) is 0 Å². The molecule has 0 heterocycles. The van der Waals surface area contributed by atoms with Crippen LogP contribution in [0.15, 0.2) is 18.2 Å². The van der Waals surface area contributed by atoms with Gasteiger partial charge in [-0.3, -0.25) is 0 Å². The van der Waals surface area contributed by atoms with Crippen molar-refractivity contribution in [3.05, 3.63) is 34.9 Å². The number of hydrogen-bond donors (Lipinski definition) is 1. The molecule has 1 rings (SSSR count). The standard InChI is InChI=1S/C17H26F3N/c1-12(21-5)7-6-8-13-9-14(16(2,3)4)11-15(10-13)17(18,19)20/h9-12,21H,6-8H2,1-5H3/t12-/m0/s1. The van der Waals surface area contributed by atoms with Crippen LogP contribution >= 0.6 is 0 Å². The van der Waals surface area contributed by atoms with Gasteiger partial charge in [0.15, 0.2) is 0 Å². The molecule has 4 heteroatoms. The fraction of sp³-hybridized carbons (Fsp3) is 0.647. The van der Waals surface area contributed by atoms with Gasteiger partial charge in [0.1, 0.15) is 0 Å². The molecule has 0 saturated carbocycles. The molecule has 120 valence electrons. The van der Waals surface area contributed by atoms with E-state index in [1.54, 1.807) is 0 Å². The summed E-state index contributed by atoms with van der Waals surface area (Å²) in [6.45, 7) is 7.90. The molecule has 0 unspecified atom stereocenters. The minimum Gasteiger partial charge on any atom is -0.317 e. The highest BCUT2D eigenvalue weighted by atomic mass is 19.4. The average Bonchev–Trinajstić information content (AvgIpc) is 2.36. The van der Waals surface area contributed by atoms with Gasteiger partial charge in [-0.2, -0.15) is 13.2 Å².